The van der Waals surface area contributed by atoms with Crippen LogP contribution in [0.25, 0.3) is 0 Å². The molecule has 66 valence electrons. The number of nitrogens with zero attached hydrogens (tertiary/aromatic N) is 2. The molecule has 2 rings (SSSR count). The minimum absolute atomic E-state index is 0.321. The van der Waals surface area contributed by atoms with Crippen molar-refractivity contribution in [1.29, 1.82) is 0 Å². The van der Waals surface area contributed by atoms with E-state index in [9.17, 15) is 0 Å². The maximum atomic E-state index is 5.43. The largest absolute Gasteiger partial charge is 0.375 e. The quantitative estimate of drug-likeness (QED) is 0.667. The van der Waals surface area contributed by atoms with Crippen LogP contribution in [0.2, 0.25) is 0 Å². The predicted octanol–water partition coefficient (Wildman–Crippen LogP) is 0.635. The van der Waals surface area contributed by atoms with Gasteiger partial charge in [-0.2, -0.15) is 5.10 Å². The Morgan fingerprint density at radius 2 is 2.67 bits per heavy atom. The van der Waals surface area contributed by atoms with Gasteiger partial charge in [-0.05, 0) is 6.92 Å². The summed E-state index contributed by atoms with van der Waals surface area (Å²) < 4.78 is 5.43. The van der Waals surface area contributed by atoms with E-state index in [-0.39, 0.29) is 0 Å². The summed E-state index contributed by atoms with van der Waals surface area (Å²) in [6.45, 7) is 4.79. The maximum Gasteiger partial charge on any atom is 0.124 e. The van der Waals surface area contributed by atoms with E-state index in [1.54, 1.807) is 6.20 Å². The van der Waals surface area contributed by atoms with Crippen molar-refractivity contribution in [2.75, 3.05) is 24.6 Å². The molecule has 0 aromatic carbocycles. The lowest BCUT2D eigenvalue weighted by atomic mass is 10.3. The summed E-state index contributed by atoms with van der Waals surface area (Å²) >= 11 is 0. The normalized spacial score (nSPS) is 24.4. The Morgan fingerprint density at radius 1 is 1.75 bits per heavy atom. The molecule has 1 aromatic rings. The third-order valence-corrected chi connectivity index (χ3v) is 2.07. The Balaban J connectivity index is 2.04. The van der Waals surface area contributed by atoms with Crippen LogP contribution < -0.4 is 4.90 Å². The van der Waals surface area contributed by atoms with Crippen molar-refractivity contribution >= 4 is 5.82 Å². The van der Waals surface area contributed by atoms with Gasteiger partial charge < -0.3 is 9.64 Å². The van der Waals surface area contributed by atoms with Gasteiger partial charge in [0.05, 0.1) is 18.9 Å². The number of morpholine rings is 1. The first-order chi connectivity index (χ1) is 5.86. The Kier molecular flexibility index (Phi) is 1.99. The molecule has 0 spiro atoms. The minimum Gasteiger partial charge on any atom is -0.375 e. The molecular formula is C8H13N3O. The predicted molar refractivity (Wildman–Crippen MR) is 46.2 cm³/mol. The minimum atomic E-state index is 0.321. The average molecular weight is 167 g/mol. The summed E-state index contributed by atoms with van der Waals surface area (Å²) in [5.74, 6) is 1.09. The van der Waals surface area contributed by atoms with E-state index >= 15 is 0 Å². The second kappa shape index (κ2) is 3.15. The maximum absolute atomic E-state index is 5.43. The summed E-state index contributed by atoms with van der Waals surface area (Å²) in [5.41, 5.74) is 0. The first-order valence-electron chi connectivity index (χ1n) is 4.22. The molecule has 1 N–H and O–H groups in total. The fourth-order valence-corrected chi connectivity index (χ4v) is 1.46. The van der Waals surface area contributed by atoms with Crippen molar-refractivity contribution in [2.24, 2.45) is 0 Å². The molecule has 2 heterocycles. The van der Waals surface area contributed by atoms with Crippen LogP contribution in [0.4, 0.5) is 5.82 Å². The number of aromatic nitrogens is 2. The van der Waals surface area contributed by atoms with Crippen molar-refractivity contribution in [3.8, 4) is 0 Å². The third kappa shape index (κ3) is 1.43. The van der Waals surface area contributed by atoms with Gasteiger partial charge in [0.2, 0.25) is 0 Å². The number of hydrogen-bond acceptors (Lipinski definition) is 3. The highest BCUT2D eigenvalue weighted by Gasteiger charge is 2.17. The molecule has 0 radical (unpaired) electrons. The van der Waals surface area contributed by atoms with Crippen LogP contribution in [-0.2, 0) is 4.74 Å². The van der Waals surface area contributed by atoms with Gasteiger partial charge in [0.15, 0.2) is 0 Å². The van der Waals surface area contributed by atoms with E-state index in [2.05, 4.69) is 22.0 Å². The van der Waals surface area contributed by atoms with Crippen LogP contribution in [0.1, 0.15) is 6.92 Å². The highest BCUT2D eigenvalue weighted by molar-refractivity contribution is 5.36. The van der Waals surface area contributed by atoms with Gasteiger partial charge in [0, 0.05) is 19.2 Å². The van der Waals surface area contributed by atoms with Gasteiger partial charge in [0.25, 0.3) is 0 Å². The zero-order chi connectivity index (χ0) is 8.39. The molecule has 1 aromatic heterocycles. The lowest BCUT2D eigenvalue weighted by Crippen LogP contribution is -2.41. The molecule has 12 heavy (non-hydrogen) atoms. The van der Waals surface area contributed by atoms with Crippen LogP contribution in [0.15, 0.2) is 12.3 Å². The second-order valence-electron chi connectivity index (χ2n) is 3.07. The van der Waals surface area contributed by atoms with Gasteiger partial charge in [-0.15, -0.1) is 0 Å². The first kappa shape index (κ1) is 7.61. The SMILES string of the molecule is C[C@H]1CN(c2ccn[nH]2)CCO1. The lowest BCUT2D eigenvalue weighted by molar-refractivity contribution is 0.0529. The molecule has 0 aliphatic carbocycles. The molecule has 4 nitrogen and oxygen atoms in total. The highest BCUT2D eigenvalue weighted by atomic mass is 16.5. The van der Waals surface area contributed by atoms with Crippen molar-refractivity contribution in [3.05, 3.63) is 12.3 Å². The molecule has 0 bridgehead atoms. The second-order valence-corrected chi connectivity index (χ2v) is 3.07. The lowest BCUT2D eigenvalue weighted by Gasteiger charge is -2.31. The molecule has 1 fully saturated rings. The van der Waals surface area contributed by atoms with E-state index < -0.39 is 0 Å². The van der Waals surface area contributed by atoms with E-state index in [1.165, 1.54) is 0 Å². The summed E-state index contributed by atoms with van der Waals surface area (Å²) in [6, 6.07) is 1.98. The van der Waals surface area contributed by atoms with Crippen LogP contribution in [0, 0.1) is 0 Å². The number of H-pyrrole nitrogens is 1. The Morgan fingerprint density at radius 3 is 3.33 bits per heavy atom. The van der Waals surface area contributed by atoms with Crippen molar-refractivity contribution in [1.82, 2.24) is 10.2 Å². The molecular weight excluding hydrogens is 154 g/mol. The molecule has 1 saturated heterocycles. The Bertz CT molecular complexity index is 234. The molecule has 1 aliphatic rings. The highest BCUT2D eigenvalue weighted by Crippen LogP contribution is 2.13. The smallest absolute Gasteiger partial charge is 0.124 e. The number of hydrogen-bond donors (Lipinski definition) is 1. The molecule has 0 unspecified atom stereocenters. The van der Waals surface area contributed by atoms with Gasteiger partial charge in [0.1, 0.15) is 5.82 Å². The van der Waals surface area contributed by atoms with Crippen LogP contribution in [0.3, 0.4) is 0 Å². The van der Waals surface area contributed by atoms with E-state index in [1.807, 2.05) is 6.07 Å². The zero-order valence-electron chi connectivity index (χ0n) is 7.16. The summed E-state index contributed by atoms with van der Waals surface area (Å²) in [5, 5.41) is 6.86. The van der Waals surface area contributed by atoms with Gasteiger partial charge in [-0.3, -0.25) is 5.10 Å². The summed E-state index contributed by atoms with van der Waals surface area (Å²) in [4.78, 5) is 2.25. The number of rotatable bonds is 1. The molecule has 4 heteroatoms. The third-order valence-electron chi connectivity index (χ3n) is 2.07. The van der Waals surface area contributed by atoms with Gasteiger partial charge in [-0.1, -0.05) is 0 Å². The van der Waals surface area contributed by atoms with Crippen LogP contribution in [0.5, 0.6) is 0 Å². The topological polar surface area (TPSA) is 41.2 Å². The standard InChI is InChI=1S/C8H13N3O/c1-7-6-11(4-5-12-7)8-2-3-9-10-8/h2-3,7H,4-6H2,1H3,(H,9,10)/t7-/m0/s1. The van der Waals surface area contributed by atoms with E-state index in [4.69, 9.17) is 4.74 Å². The van der Waals surface area contributed by atoms with E-state index in [0.717, 1.165) is 25.5 Å². The summed E-state index contributed by atoms with van der Waals surface area (Å²) in [7, 11) is 0. The van der Waals surface area contributed by atoms with Crippen LogP contribution in [-0.4, -0.2) is 36.0 Å². The van der Waals surface area contributed by atoms with E-state index in [0.29, 0.717) is 6.10 Å². The van der Waals surface area contributed by atoms with Crippen molar-refractivity contribution in [2.45, 2.75) is 13.0 Å². The number of nitrogens with one attached hydrogen (secondary N) is 1. The summed E-state index contributed by atoms with van der Waals surface area (Å²) in [6.07, 6.45) is 2.09. The van der Waals surface area contributed by atoms with Crippen molar-refractivity contribution < 1.29 is 4.74 Å². The monoisotopic (exact) mass is 167 g/mol. The number of ether oxygens (including phenoxy) is 1. The molecule has 1 aliphatic heterocycles. The van der Waals surface area contributed by atoms with Crippen molar-refractivity contribution in [3.63, 3.8) is 0 Å². The molecule has 0 amide bonds. The number of anilines is 1. The van der Waals surface area contributed by atoms with Gasteiger partial charge >= 0.3 is 0 Å². The Hall–Kier alpha value is -1.03. The van der Waals surface area contributed by atoms with Crippen LogP contribution >= 0.6 is 0 Å². The molecule has 0 saturated carbocycles. The fourth-order valence-electron chi connectivity index (χ4n) is 1.46. The zero-order valence-corrected chi connectivity index (χ0v) is 7.16. The average Bonchev–Trinajstić information content (AvgIpc) is 2.56. The first-order valence-corrected chi connectivity index (χ1v) is 4.22. The fraction of sp³-hybridized carbons (Fsp3) is 0.625. The molecule has 1 atom stereocenters. The number of aromatic amines is 1. The Labute approximate surface area is 71.5 Å². The van der Waals surface area contributed by atoms with Gasteiger partial charge in [-0.25, -0.2) is 0 Å².